The first-order valence-corrected chi connectivity index (χ1v) is 9.75. The molecule has 28 heavy (non-hydrogen) atoms. The summed E-state index contributed by atoms with van der Waals surface area (Å²) in [7, 11) is 0. The first-order valence-electron chi connectivity index (χ1n) is 9.02. The van der Waals surface area contributed by atoms with E-state index in [-0.39, 0.29) is 11.8 Å². The molecule has 5 rings (SSSR count). The van der Waals surface area contributed by atoms with E-state index in [9.17, 15) is 4.79 Å². The summed E-state index contributed by atoms with van der Waals surface area (Å²) in [6, 6.07) is 5.72. The summed E-state index contributed by atoms with van der Waals surface area (Å²) < 4.78 is 10.2. The topological polar surface area (TPSA) is 137 Å². The number of rotatable bonds is 5. The van der Waals surface area contributed by atoms with Crippen LogP contribution in [0.4, 0.5) is 5.95 Å². The molecule has 10 nitrogen and oxygen atoms in total. The van der Waals surface area contributed by atoms with E-state index in [0.29, 0.717) is 29.6 Å². The van der Waals surface area contributed by atoms with Gasteiger partial charge in [0, 0.05) is 12.5 Å². The average Bonchev–Trinajstić information content (AvgIpc) is 3.43. The summed E-state index contributed by atoms with van der Waals surface area (Å²) in [6.07, 6.45) is 4.29. The third-order valence-corrected chi connectivity index (χ3v) is 5.72. The van der Waals surface area contributed by atoms with Crippen molar-refractivity contribution < 1.29 is 4.79 Å². The fourth-order valence-electron chi connectivity index (χ4n) is 3.64. The van der Waals surface area contributed by atoms with E-state index in [1.54, 1.807) is 10.9 Å². The highest BCUT2D eigenvalue weighted by atomic mass is 32.1. The Hall–Kier alpha value is -3.21. The summed E-state index contributed by atoms with van der Waals surface area (Å²) >= 11 is 1.18. The highest BCUT2D eigenvalue weighted by Gasteiger charge is 2.28. The second kappa shape index (κ2) is 6.75. The minimum atomic E-state index is -0.206. The van der Waals surface area contributed by atoms with E-state index in [1.807, 2.05) is 18.2 Å². The molecular weight excluding hydrogens is 378 g/mol. The number of fused-ring (bicyclic) bond motifs is 2. The summed E-state index contributed by atoms with van der Waals surface area (Å²) in [4.78, 5) is 20.2. The minimum Gasteiger partial charge on any atom is -0.369 e. The highest BCUT2D eigenvalue weighted by molar-refractivity contribution is 7.00. The van der Waals surface area contributed by atoms with Gasteiger partial charge in [0.2, 0.25) is 11.9 Å². The Kier molecular flexibility index (Phi) is 4.08. The predicted molar refractivity (Wildman–Crippen MR) is 104 cm³/mol. The van der Waals surface area contributed by atoms with Gasteiger partial charge in [-0.25, -0.2) is 4.98 Å². The zero-order valence-corrected chi connectivity index (χ0v) is 15.6. The standard InChI is InChI=1S/C17H17N9OS/c18-15(27)10-2-1-9(5-10)7-19-17-20-8-14-16(21-17)26(25-22-14)11-3-4-12-13(6-11)24-28-23-12/h3-4,6,8-10H,1-2,5,7H2,(H2,18,27)(H,19,20,21)/t9-,10-/m1/s1. The number of hydrogen-bond donors (Lipinski definition) is 2. The number of benzene rings is 1. The zero-order chi connectivity index (χ0) is 19.1. The average molecular weight is 395 g/mol. The lowest BCUT2D eigenvalue weighted by molar-refractivity contribution is -0.121. The van der Waals surface area contributed by atoms with Gasteiger partial charge in [0.25, 0.3) is 0 Å². The van der Waals surface area contributed by atoms with Crippen LogP contribution in [0.3, 0.4) is 0 Å². The van der Waals surface area contributed by atoms with Gasteiger partial charge < -0.3 is 11.1 Å². The number of anilines is 1. The Morgan fingerprint density at radius 1 is 1.25 bits per heavy atom. The van der Waals surface area contributed by atoms with Crippen LogP contribution < -0.4 is 11.1 Å². The SMILES string of the molecule is NC(=O)[C@@H]1CC[C@@H](CNc2ncc3nnn(-c4ccc5nsnc5c4)c3n2)C1. The third kappa shape index (κ3) is 3.03. The number of nitrogens with zero attached hydrogens (tertiary/aromatic N) is 7. The van der Waals surface area contributed by atoms with Crippen molar-refractivity contribution in [2.45, 2.75) is 19.3 Å². The molecule has 3 heterocycles. The smallest absolute Gasteiger partial charge is 0.224 e. The predicted octanol–water partition coefficient (Wildman–Crippen LogP) is 1.53. The van der Waals surface area contributed by atoms with Gasteiger partial charge in [-0.3, -0.25) is 4.79 Å². The first-order chi connectivity index (χ1) is 13.7. The molecule has 3 N–H and O–H groups in total. The zero-order valence-electron chi connectivity index (χ0n) is 14.8. The van der Waals surface area contributed by atoms with Crippen LogP contribution >= 0.6 is 11.7 Å². The Morgan fingerprint density at radius 2 is 2.14 bits per heavy atom. The Morgan fingerprint density at radius 3 is 3.00 bits per heavy atom. The molecule has 1 fully saturated rings. The molecule has 1 aliphatic rings. The number of hydrogen-bond acceptors (Lipinski definition) is 9. The molecule has 3 aromatic heterocycles. The van der Waals surface area contributed by atoms with Crippen LogP contribution in [-0.4, -0.2) is 46.2 Å². The largest absolute Gasteiger partial charge is 0.369 e. The number of primary amides is 1. The summed E-state index contributed by atoms with van der Waals surface area (Å²) in [5, 5.41) is 11.6. The van der Waals surface area contributed by atoms with Crippen molar-refractivity contribution in [3.63, 3.8) is 0 Å². The van der Waals surface area contributed by atoms with E-state index >= 15 is 0 Å². The Balaban J connectivity index is 1.38. The van der Waals surface area contributed by atoms with E-state index in [2.05, 4.69) is 34.3 Å². The van der Waals surface area contributed by atoms with Crippen molar-refractivity contribution in [3.05, 3.63) is 24.4 Å². The van der Waals surface area contributed by atoms with Crippen LogP contribution in [0.15, 0.2) is 24.4 Å². The van der Waals surface area contributed by atoms with E-state index < -0.39 is 0 Å². The van der Waals surface area contributed by atoms with E-state index in [1.165, 1.54) is 11.7 Å². The number of nitrogens with one attached hydrogen (secondary N) is 1. The normalized spacial score (nSPS) is 19.4. The molecule has 0 unspecified atom stereocenters. The highest BCUT2D eigenvalue weighted by Crippen LogP contribution is 2.30. The van der Waals surface area contributed by atoms with Gasteiger partial charge in [0.05, 0.1) is 23.6 Å². The van der Waals surface area contributed by atoms with Crippen molar-refractivity contribution in [1.29, 1.82) is 0 Å². The molecule has 11 heteroatoms. The minimum absolute atomic E-state index is 0.0176. The third-order valence-electron chi connectivity index (χ3n) is 5.17. The quantitative estimate of drug-likeness (QED) is 0.519. The molecule has 1 aliphatic carbocycles. The molecule has 0 spiro atoms. The molecule has 1 aromatic carbocycles. The van der Waals surface area contributed by atoms with Crippen LogP contribution in [0.25, 0.3) is 27.9 Å². The Bertz CT molecular complexity index is 1170. The number of aromatic nitrogens is 7. The fraction of sp³-hybridized carbons (Fsp3) is 0.353. The summed E-state index contributed by atoms with van der Waals surface area (Å²) in [5.74, 6) is 0.674. The van der Waals surface area contributed by atoms with Crippen LogP contribution in [0, 0.1) is 11.8 Å². The summed E-state index contributed by atoms with van der Waals surface area (Å²) in [6.45, 7) is 0.702. The van der Waals surface area contributed by atoms with Gasteiger partial charge in [-0.1, -0.05) is 5.21 Å². The summed E-state index contributed by atoms with van der Waals surface area (Å²) in [5.41, 5.74) is 9.10. The number of nitrogens with two attached hydrogens (primary N) is 1. The second-order valence-corrected chi connectivity index (χ2v) is 7.53. The van der Waals surface area contributed by atoms with Crippen molar-refractivity contribution in [3.8, 4) is 5.69 Å². The maximum Gasteiger partial charge on any atom is 0.224 e. The Labute approximate surface area is 163 Å². The van der Waals surface area contributed by atoms with Gasteiger partial charge in [-0.15, -0.1) is 5.10 Å². The molecular formula is C17H17N9OS. The van der Waals surface area contributed by atoms with Crippen molar-refractivity contribution in [2.75, 3.05) is 11.9 Å². The first kappa shape index (κ1) is 16.9. The number of amides is 1. The van der Waals surface area contributed by atoms with Gasteiger partial charge >= 0.3 is 0 Å². The van der Waals surface area contributed by atoms with Crippen LogP contribution in [-0.2, 0) is 4.79 Å². The molecule has 0 saturated heterocycles. The van der Waals surface area contributed by atoms with Gasteiger partial charge in [-0.2, -0.15) is 18.4 Å². The lowest BCUT2D eigenvalue weighted by Gasteiger charge is -2.11. The molecule has 1 amide bonds. The second-order valence-electron chi connectivity index (χ2n) is 7.00. The van der Waals surface area contributed by atoms with Crippen LogP contribution in [0.5, 0.6) is 0 Å². The van der Waals surface area contributed by atoms with Crippen LogP contribution in [0.1, 0.15) is 19.3 Å². The van der Waals surface area contributed by atoms with Crippen molar-refractivity contribution >= 4 is 45.8 Å². The van der Waals surface area contributed by atoms with Crippen LogP contribution in [0.2, 0.25) is 0 Å². The fourth-order valence-corrected chi connectivity index (χ4v) is 4.16. The monoisotopic (exact) mass is 395 g/mol. The lowest BCUT2D eigenvalue weighted by atomic mass is 10.0. The van der Waals surface area contributed by atoms with E-state index in [0.717, 1.165) is 36.0 Å². The van der Waals surface area contributed by atoms with Crippen molar-refractivity contribution in [1.82, 2.24) is 33.7 Å². The molecule has 4 aromatic rings. The van der Waals surface area contributed by atoms with Gasteiger partial charge in [0.1, 0.15) is 11.0 Å². The number of carbonyl (C=O) groups is 1. The maximum absolute atomic E-state index is 11.3. The maximum atomic E-state index is 11.3. The molecule has 2 atom stereocenters. The van der Waals surface area contributed by atoms with E-state index in [4.69, 9.17) is 5.73 Å². The number of carbonyl (C=O) groups excluding carboxylic acids is 1. The van der Waals surface area contributed by atoms with Crippen molar-refractivity contribution in [2.24, 2.45) is 17.6 Å². The van der Waals surface area contributed by atoms with Gasteiger partial charge in [0.15, 0.2) is 11.2 Å². The molecule has 1 saturated carbocycles. The van der Waals surface area contributed by atoms with Gasteiger partial charge in [-0.05, 0) is 43.4 Å². The molecule has 0 bridgehead atoms. The molecule has 0 radical (unpaired) electrons. The molecule has 142 valence electrons. The molecule has 0 aliphatic heterocycles. The lowest BCUT2D eigenvalue weighted by Crippen LogP contribution is -2.21.